The van der Waals surface area contributed by atoms with Gasteiger partial charge in [0, 0.05) is 31.9 Å². The van der Waals surface area contributed by atoms with E-state index in [1.54, 1.807) is 0 Å². The maximum atomic E-state index is 6.71. The van der Waals surface area contributed by atoms with Crippen LogP contribution < -0.4 is 0 Å². The van der Waals surface area contributed by atoms with Crippen molar-refractivity contribution in [1.82, 2.24) is 0 Å². The highest BCUT2D eigenvalue weighted by Gasteiger charge is 2.30. The van der Waals surface area contributed by atoms with Gasteiger partial charge >= 0.3 is 0 Å². The van der Waals surface area contributed by atoms with E-state index in [1.165, 1.54) is 0 Å². The Balaban J connectivity index is 2.01. The topological polar surface area (TPSA) is 0 Å². The second-order valence-electron chi connectivity index (χ2n) is 7.14. The lowest BCUT2D eigenvalue weighted by Gasteiger charge is -2.30. The van der Waals surface area contributed by atoms with Gasteiger partial charge in [-0.15, -0.1) is 0 Å². The van der Waals surface area contributed by atoms with Crippen molar-refractivity contribution in [2.24, 2.45) is 0 Å². The van der Waals surface area contributed by atoms with Gasteiger partial charge in [-0.1, -0.05) is 101 Å². The lowest BCUT2D eigenvalue weighted by Crippen LogP contribution is -2.15. The third-order valence-corrected chi connectivity index (χ3v) is 6.25. The first kappa shape index (κ1) is 21.3. The van der Waals surface area contributed by atoms with Crippen molar-refractivity contribution in [1.29, 1.82) is 0 Å². The Kier molecular flexibility index (Phi) is 6.71. The quantitative estimate of drug-likeness (QED) is 0.272. The van der Waals surface area contributed by atoms with Gasteiger partial charge < -0.3 is 0 Å². The van der Waals surface area contributed by atoms with Gasteiger partial charge in [0.1, 0.15) is 0 Å². The molecule has 0 nitrogen and oxygen atoms in total. The zero-order valence-electron chi connectivity index (χ0n) is 15.9. The van der Waals surface area contributed by atoms with Gasteiger partial charge in [-0.25, -0.2) is 0 Å². The molecule has 4 aromatic rings. The van der Waals surface area contributed by atoms with Crippen LogP contribution in [0.15, 0.2) is 97.1 Å². The number of halogens is 4. The van der Waals surface area contributed by atoms with Crippen molar-refractivity contribution in [2.45, 2.75) is 11.8 Å². The van der Waals surface area contributed by atoms with Crippen LogP contribution in [0.5, 0.6) is 0 Å². The van der Waals surface area contributed by atoms with Crippen molar-refractivity contribution in [3.63, 3.8) is 0 Å². The summed E-state index contributed by atoms with van der Waals surface area (Å²) in [7, 11) is 0. The molecule has 0 saturated carbocycles. The molecule has 0 spiro atoms. The molecule has 4 heteroatoms. The van der Waals surface area contributed by atoms with Gasteiger partial charge in [-0.2, -0.15) is 0 Å². The van der Waals surface area contributed by atoms with Crippen LogP contribution in [0.25, 0.3) is 0 Å². The Morgan fingerprint density at radius 2 is 0.867 bits per heavy atom. The smallest absolute Gasteiger partial charge is 0.0444 e. The van der Waals surface area contributed by atoms with Crippen molar-refractivity contribution in [3.8, 4) is 0 Å². The van der Waals surface area contributed by atoms with Gasteiger partial charge in [0.05, 0.1) is 0 Å². The summed E-state index contributed by atoms with van der Waals surface area (Å²) in [5.74, 6) is -0.157. The molecule has 1 atom stereocenters. The van der Waals surface area contributed by atoms with Crippen molar-refractivity contribution < 1.29 is 0 Å². The molecule has 0 fully saturated rings. The van der Waals surface area contributed by atoms with E-state index in [9.17, 15) is 0 Å². The van der Waals surface area contributed by atoms with Crippen LogP contribution in [0.4, 0.5) is 0 Å². The van der Waals surface area contributed by atoms with Crippen LogP contribution >= 0.6 is 46.4 Å². The van der Waals surface area contributed by atoms with Gasteiger partial charge in [0.25, 0.3) is 0 Å². The molecule has 0 aliphatic rings. The Labute approximate surface area is 197 Å². The molecule has 0 N–H and O–H groups in total. The standard InChI is InChI=1S/C26H18Cl4/c27-20-9-3-6-17(14-20)25(18-7-4-10-21(28)15-18)26(19-8-5-11-22(29)16-19)23-12-1-2-13-24(23)30/h1-16,25-26H. The van der Waals surface area contributed by atoms with E-state index in [4.69, 9.17) is 46.4 Å². The molecule has 0 aliphatic heterocycles. The molecule has 0 saturated heterocycles. The first-order chi connectivity index (χ1) is 14.5. The summed E-state index contributed by atoms with van der Waals surface area (Å²) in [5, 5.41) is 2.75. The first-order valence-electron chi connectivity index (χ1n) is 9.54. The number of benzene rings is 4. The van der Waals surface area contributed by atoms with E-state index in [1.807, 2.05) is 72.8 Å². The summed E-state index contributed by atoms with van der Waals surface area (Å²) in [6, 6.07) is 31.7. The summed E-state index contributed by atoms with van der Waals surface area (Å²) >= 11 is 25.9. The molecule has 1 unspecified atom stereocenters. The lowest BCUT2D eigenvalue weighted by molar-refractivity contribution is 0.694. The molecule has 0 bridgehead atoms. The summed E-state index contributed by atoms with van der Waals surface area (Å²) in [6.45, 7) is 0. The zero-order valence-corrected chi connectivity index (χ0v) is 18.9. The molecule has 0 radical (unpaired) electrons. The molecule has 4 rings (SSSR count). The fourth-order valence-corrected chi connectivity index (χ4v) is 4.81. The van der Waals surface area contributed by atoms with E-state index in [2.05, 4.69) is 24.3 Å². The largest absolute Gasteiger partial charge is 0.0843 e. The third kappa shape index (κ3) is 4.68. The highest BCUT2D eigenvalue weighted by Crippen LogP contribution is 2.46. The van der Waals surface area contributed by atoms with Crippen LogP contribution in [-0.2, 0) is 0 Å². The van der Waals surface area contributed by atoms with Crippen molar-refractivity contribution in [3.05, 3.63) is 139 Å². The molecule has 0 aliphatic carbocycles. The summed E-state index contributed by atoms with van der Waals surface area (Å²) in [6.07, 6.45) is 0. The van der Waals surface area contributed by atoms with Gasteiger partial charge in [0.2, 0.25) is 0 Å². The molecular weight excluding hydrogens is 454 g/mol. The molecular formula is C26H18Cl4. The minimum absolute atomic E-state index is 0.0687. The molecule has 30 heavy (non-hydrogen) atoms. The maximum absolute atomic E-state index is 6.71. The average molecular weight is 472 g/mol. The summed E-state index contributed by atoms with van der Waals surface area (Å²) in [4.78, 5) is 0. The second-order valence-corrected chi connectivity index (χ2v) is 8.86. The fraction of sp³-hybridized carbons (Fsp3) is 0.0769. The monoisotopic (exact) mass is 470 g/mol. The predicted molar refractivity (Wildman–Crippen MR) is 129 cm³/mol. The second kappa shape index (κ2) is 9.45. The lowest BCUT2D eigenvalue weighted by atomic mass is 9.74. The van der Waals surface area contributed by atoms with E-state index in [-0.39, 0.29) is 11.8 Å². The molecule has 4 aromatic carbocycles. The molecule has 0 heterocycles. The van der Waals surface area contributed by atoms with Crippen LogP contribution in [0.1, 0.15) is 34.1 Å². The van der Waals surface area contributed by atoms with E-state index < -0.39 is 0 Å². The van der Waals surface area contributed by atoms with Gasteiger partial charge in [-0.05, 0) is 64.7 Å². The minimum Gasteiger partial charge on any atom is -0.0843 e. The van der Waals surface area contributed by atoms with Gasteiger partial charge in [-0.3, -0.25) is 0 Å². The average Bonchev–Trinajstić information content (AvgIpc) is 2.72. The van der Waals surface area contributed by atoms with Crippen LogP contribution in [0, 0.1) is 0 Å². The number of hydrogen-bond donors (Lipinski definition) is 0. The SMILES string of the molecule is Clc1cccc(C(c2cccc(Cl)c2)C(c2cccc(Cl)c2)c2ccccc2Cl)c1. The summed E-state index contributed by atoms with van der Waals surface area (Å²) in [5.41, 5.74) is 4.25. The normalized spacial score (nSPS) is 12.2. The van der Waals surface area contributed by atoms with E-state index in [0.29, 0.717) is 20.1 Å². The van der Waals surface area contributed by atoms with Crippen LogP contribution in [-0.4, -0.2) is 0 Å². The maximum Gasteiger partial charge on any atom is 0.0444 e. The fourth-order valence-electron chi connectivity index (χ4n) is 3.96. The third-order valence-electron chi connectivity index (χ3n) is 5.20. The van der Waals surface area contributed by atoms with E-state index >= 15 is 0 Å². The number of hydrogen-bond acceptors (Lipinski definition) is 0. The Hall–Kier alpha value is -1.96. The number of rotatable bonds is 5. The highest BCUT2D eigenvalue weighted by molar-refractivity contribution is 6.32. The molecule has 0 aromatic heterocycles. The first-order valence-corrected chi connectivity index (χ1v) is 11.0. The Bertz CT molecular complexity index is 1120. The van der Waals surface area contributed by atoms with Crippen molar-refractivity contribution >= 4 is 46.4 Å². The molecule has 150 valence electrons. The minimum atomic E-state index is -0.0886. The highest BCUT2D eigenvalue weighted by atomic mass is 35.5. The Morgan fingerprint density at radius 3 is 1.30 bits per heavy atom. The van der Waals surface area contributed by atoms with Crippen LogP contribution in [0.3, 0.4) is 0 Å². The predicted octanol–water partition coefficient (Wildman–Crippen LogP) is 9.26. The van der Waals surface area contributed by atoms with Crippen LogP contribution in [0.2, 0.25) is 20.1 Å². The Morgan fingerprint density at radius 1 is 0.433 bits per heavy atom. The molecule has 0 amide bonds. The van der Waals surface area contributed by atoms with Crippen molar-refractivity contribution in [2.75, 3.05) is 0 Å². The van der Waals surface area contributed by atoms with E-state index in [0.717, 1.165) is 22.3 Å². The zero-order chi connectivity index (χ0) is 21.1. The van der Waals surface area contributed by atoms with Gasteiger partial charge in [0.15, 0.2) is 0 Å². The summed E-state index contributed by atoms with van der Waals surface area (Å²) < 4.78 is 0.